The van der Waals surface area contributed by atoms with Crippen LogP contribution >= 0.6 is 0 Å². The van der Waals surface area contributed by atoms with Crippen LogP contribution in [-0.4, -0.2) is 57.8 Å². The molecule has 2 aliphatic heterocycles. The Bertz CT molecular complexity index is 1180. The van der Waals surface area contributed by atoms with Gasteiger partial charge in [0.1, 0.15) is 0 Å². The largest absolute Gasteiger partial charge is 0.502 e. The van der Waals surface area contributed by atoms with Crippen molar-refractivity contribution in [3.05, 3.63) is 41.0 Å². The van der Waals surface area contributed by atoms with Crippen LogP contribution in [0.5, 0.6) is 28.7 Å². The molecule has 5 rings (SSSR count). The second-order valence-corrected chi connectivity index (χ2v) is 9.28. The summed E-state index contributed by atoms with van der Waals surface area (Å²) in [4.78, 5) is 26.0. The number of phenols is 1. The number of nitrogens with two attached hydrogens (primary N) is 1. The van der Waals surface area contributed by atoms with Crippen molar-refractivity contribution in [3.8, 4) is 28.7 Å². The summed E-state index contributed by atoms with van der Waals surface area (Å²) in [7, 11) is 2.90. The molecule has 0 radical (unpaired) electrons. The van der Waals surface area contributed by atoms with Crippen molar-refractivity contribution >= 4 is 12.0 Å². The fraction of sp³-hybridized carbons (Fsp3) is 0.462. The molecule has 0 spiro atoms. The minimum absolute atomic E-state index is 0.0817. The fourth-order valence-electron chi connectivity index (χ4n) is 5.50. The zero-order valence-electron chi connectivity index (χ0n) is 20.7. The average molecular weight is 514 g/mol. The summed E-state index contributed by atoms with van der Waals surface area (Å²) in [5.74, 6) is -0.355. The number of nitrogens with one attached hydrogen (secondary N) is 2. The van der Waals surface area contributed by atoms with Crippen LogP contribution in [0.2, 0.25) is 0 Å². The van der Waals surface area contributed by atoms with Gasteiger partial charge in [-0.15, -0.1) is 0 Å². The normalized spacial score (nSPS) is 23.1. The number of benzene rings is 2. The maximum absolute atomic E-state index is 13.2. The minimum atomic E-state index is -0.602. The van der Waals surface area contributed by atoms with E-state index in [-0.39, 0.29) is 48.6 Å². The lowest BCUT2D eigenvalue weighted by Crippen LogP contribution is -2.46. The summed E-state index contributed by atoms with van der Waals surface area (Å²) in [5.41, 5.74) is 7.83. The van der Waals surface area contributed by atoms with E-state index in [0.717, 1.165) is 24.0 Å². The Labute approximate surface area is 214 Å². The van der Waals surface area contributed by atoms with E-state index in [0.29, 0.717) is 30.2 Å². The summed E-state index contributed by atoms with van der Waals surface area (Å²) in [6.07, 6.45) is 1.58. The first-order valence-electron chi connectivity index (χ1n) is 12.3. The molecule has 2 aromatic rings. The Hall–Kier alpha value is -3.86. The van der Waals surface area contributed by atoms with Crippen molar-refractivity contribution in [2.24, 2.45) is 17.6 Å². The number of urea groups is 1. The standard InChI is InChI=1S/C26H31N3O8/c1-33-19-7-13(8-20(34-2)24(19)30)21-14-9-17-18(37-12-36-17)10-15(14)23(16-11-35-25(31)22(16)21)29-26(32)28-6-4-3-5-27/h7-10,16,21-23,30H,3-6,11-12,27H2,1-2H3,(H2,28,29,32). The number of esters is 1. The van der Waals surface area contributed by atoms with Gasteiger partial charge in [-0.3, -0.25) is 4.79 Å². The Balaban J connectivity index is 1.60. The first kappa shape index (κ1) is 24.8. The number of fused-ring (bicyclic) bond motifs is 3. The van der Waals surface area contributed by atoms with Gasteiger partial charge in [0.15, 0.2) is 23.0 Å². The zero-order valence-corrected chi connectivity index (χ0v) is 20.7. The molecule has 4 unspecified atom stereocenters. The number of carbonyl (C=O) groups excluding carboxylic acids is 2. The second-order valence-electron chi connectivity index (χ2n) is 9.28. The van der Waals surface area contributed by atoms with Gasteiger partial charge in [-0.1, -0.05) is 0 Å². The van der Waals surface area contributed by atoms with Crippen LogP contribution in [0.25, 0.3) is 0 Å². The van der Waals surface area contributed by atoms with Crippen LogP contribution in [0.15, 0.2) is 24.3 Å². The highest BCUT2D eigenvalue weighted by Gasteiger charge is 2.53. The van der Waals surface area contributed by atoms with Gasteiger partial charge in [0.25, 0.3) is 0 Å². The molecule has 11 nitrogen and oxygen atoms in total. The van der Waals surface area contributed by atoms with Crippen molar-refractivity contribution in [2.45, 2.75) is 24.8 Å². The third kappa shape index (κ3) is 4.43. The van der Waals surface area contributed by atoms with E-state index >= 15 is 0 Å². The van der Waals surface area contributed by atoms with Crippen molar-refractivity contribution in [2.75, 3.05) is 40.7 Å². The van der Waals surface area contributed by atoms with E-state index in [9.17, 15) is 14.7 Å². The number of phenolic OH excluding ortho intramolecular Hbond substituents is 1. The van der Waals surface area contributed by atoms with Gasteiger partial charge < -0.3 is 45.2 Å². The highest BCUT2D eigenvalue weighted by molar-refractivity contribution is 5.80. The molecule has 1 aliphatic carbocycles. The van der Waals surface area contributed by atoms with Crippen LogP contribution in [0.3, 0.4) is 0 Å². The predicted octanol–water partition coefficient (Wildman–Crippen LogP) is 2.15. The molecule has 3 aliphatic rings. The molecule has 2 amide bonds. The van der Waals surface area contributed by atoms with Crippen LogP contribution in [0, 0.1) is 11.8 Å². The summed E-state index contributed by atoms with van der Waals surface area (Å²) in [5, 5.41) is 16.4. The maximum atomic E-state index is 13.2. The molecule has 0 bridgehead atoms. The zero-order chi connectivity index (χ0) is 26.1. The first-order valence-corrected chi connectivity index (χ1v) is 12.3. The van der Waals surface area contributed by atoms with E-state index in [1.165, 1.54) is 14.2 Å². The van der Waals surface area contributed by atoms with Crippen LogP contribution in [-0.2, 0) is 9.53 Å². The van der Waals surface area contributed by atoms with E-state index in [1.807, 2.05) is 12.1 Å². The predicted molar refractivity (Wildman–Crippen MR) is 131 cm³/mol. The number of carbonyl (C=O) groups is 2. The molecular weight excluding hydrogens is 482 g/mol. The molecule has 37 heavy (non-hydrogen) atoms. The number of rotatable bonds is 8. The Morgan fingerprint density at radius 3 is 2.38 bits per heavy atom. The Morgan fingerprint density at radius 2 is 1.73 bits per heavy atom. The molecule has 0 aromatic heterocycles. The second kappa shape index (κ2) is 10.3. The van der Waals surface area contributed by atoms with E-state index in [2.05, 4.69) is 10.6 Å². The molecule has 198 valence electrons. The average Bonchev–Trinajstić information content (AvgIpc) is 3.52. The van der Waals surface area contributed by atoms with Crippen molar-refractivity contribution < 1.29 is 38.4 Å². The summed E-state index contributed by atoms with van der Waals surface area (Å²) in [6, 6.07) is 6.25. The Kier molecular flexibility index (Phi) is 6.88. The summed E-state index contributed by atoms with van der Waals surface area (Å²) in [6.45, 7) is 1.28. The van der Waals surface area contributed by atoms with Gasteiger partial charge in [0.05, 0.1) is 32.8 Å². The highest BCUT2D eigenvalue weighted by Crippen LogP contribution is 2.55. The topological polar surface area (TPSA) is 151 Å². The van der Waals surface area contributed by atoms with Gasteiger partial charge in [-0.25, -0.2) is 4.79 Å². The number of ether oxygens (including phenoxy) is 5. The molecule has 11 heteroatoms. The van der Waals surface area contributed by atoms with Crippen LogP contribution < -0.4 is 35.3 Å². The Morgan fingerprint density at radius 1 is 1.05 bits per heavy atom. The third-order valence-corrected chi connectivity index (χ3v) is 7.25. The quantitative estimate of drug-likeness (QED) is 0.307. The number of hydrogen-bond acceptors (Lipinski definition) is 9. The maximum Gasteiger partial charge on any atom is 0.315 e. The van der Waals surface area contributed by atoms with E-state index in [1.54, 1.807) is 12.1 Å². The molecule has 1 saturated heterocycles. The molecule has 2 aromatic carbocycles. The number of cyclic esters (lactones) is 1. The molecular formula is C26H31N3O8. The SMILES string of the molecule is COc1cc(C2c3cc4c(cc3C(NC(=O)NCCCCN)C3COC(=O)C23)OCO4)cc(OC)c1O. The number of amides is 2. The number of aromatic hydroxyl groups is 1. The van der Waals surface area contributed by atoms with Gasteiger partial charge in [0.2, 0.25) is 12.5 Å². The molecule has 1 fully saturated rings. The van der Waals surface area contributed by atoms with Crippen molar-refractivity contribution in [3.63, 3.8) is 0 Å². The minimum Gasteiger partial charge on any atom is -0.502 e. The van der Waals surface area contributed by atoms with Crippen LogP contribution in [0.1, 0.15) is 41.5 Å². The van der Waals surface area contributed by atoms with Gasteiger partial charge in [0, 0.05) is 18.4 Å². The van der Waals surface area contributed by atoms with Crippen molar-refractivity contribution in [1.82, 2.24) is 10.6 Å². The van der Waals surface area contributed by atoms with Gasteiger partial charge >= 0.3 is 12.0 Å². The first-order chi connectivity index (χ1) is 18.0. The monoisotopic (exact) mass is 513 g/mol. The lowest BCUT2D eigenvalue weighted by molar-refractivity contribution is -0.141. The lowest BCUT2D eigenvalue weighted by atomic mass is 9.65. The number of unbranched alkanes of at least 4 members (excludes halogenated alkanes) is 1. The molecule has 4 atom stereocenters. The smallest absolute Gasteiger partial charge is 0.315 e. The van der Waals surface area contributed by atoms with Crippen LogP contribution in [0.4, 0.5) is 4.79 Å². The number of hydrogen-bond donors (Lipinski definition) is 4. The molecule has 2 heterocycles. The number of methoxy groups -OCH3 is 2. The van der Waals surface area contributed by atoms with Crippen molar-refractivity contribution in [1.29, 1.82) is 0 Å². The summed E-state index contributed by atoms with van der Waals surface area (Å²) >= 11 is 0. The molecule has 5 N–H and O–H groups in total. The lowest BCUT2D eigenvalue weighted by Gasteiger charge is -2.39. The van der Waals surface area contributed by atoms with Gasteiger partial charge in [-0.2, -0.15) is 0 Å². The highest BCUT2D eigenvalue weighted by atomic mass is 16.7. The van der Waals surface area contributed by atoms with Gasteiger partial charge in [-0.05, 0) is 60.3 Å². The fourth-order valence-corrected chi connectivity index (χ4v) is 5.50. The third-order valence-electron chi connectivity index (χ3n) is 7.25. The molecule has 0 saturated carbocycles. The van der Waals surface area contributed by atoms with E-state index < -0.39 is 17.9 Å². The summed E-state index contributed by atoms with van der Waals surface area (Å²) < 4.78 is 27.6. The van der Waals surface area contributed by atoms with E-state index in [4.69, 9.17) is 29.4 Å².